The maximum absolute atomic E-state index is 13.6. The lowest BCUT2D eigenvalue weighted by Crippen LogP contribution is -2.43. The van der Waals surface area contributed by atoms with E-state index >= 15 is 0 Å². The second-order valence-corrected chi connectivity index (χ2v) is 9.73. The number of rotatable bonds is 6. The van der Waals surface area contributed by atoms with Crippen molar-refractivity contribution in [1.82, 2.24) is 9.78 Å². The lowest BCUT2D eigenvalue weighted by atomic mass is 9.94. The summed E-state index contributed by atoms with van der Waals surface area (Å²) < 4.78 is 34.1. The molecule has 0 unspecified atom stereocenters. The number of halogens is 2. The zero-order valence-corrected chi connectivity index (χ0v) is 21.7. The standard InChI is InChI=1S/C32H25F2N5O/c1-21-28-29(24-16-8-11-19-27(24)40-31(33)34)38-26-18-10-9-17-25(26)37(20-22-12-4-2-5-13-22)32(38)35-30(28)39(36-21)23-14-6-3-7-15-23/h2-19,29,31H,20H2,1H3/t29-/m0/s1. The van der Waals surface area contributed by atoms with E-state index in [0.29, 0.717) is 23.9 Å². The molecule has 8 heteroatoms. The van der Waals surface area contributed by atoms with Gasteiger partial charge in [0.05, 0.1) is 35.3 Å². The molecule has 4 aromatic carbocycles. The number of benzene rings is 4. The molecule has 198 valence electrons. The molecule has 7 rings (SSSR count). The summed E-state index contributed by atoms with van der Waals surface area (Å²) in [7, 11) is 0. The van der Waals surface area contributed by atoms with Gasteiger partial charge in [-0.25, -0.2) is 4.68 Å². The first-order chi connectivity index (χ1) is 19.6. The Bertz CT molecular complexity index is 1720. The number of aromatic nitrogens is 2. The zero-order valence-electron chi connectivity index (χ0n) is 21.7. The van der Waals surface area contributed by atoms with Gasteiger partial charge in [-0.05, 0) is 42.8 Å². The van der Waals surface area contributed by atoms with E-state index in [1.807, 2.05) is 90.5 Å². The molecule has 6 nitrogen and oxygen atoms in total. The molecule has 3 heterocycles. The van der Waals surface area contributed by atoms with Gasteiger partial charge in [0.25, 0.3) is 0 Å². The average molecular weight is 534 g/mol. The van der Waals surface area contributed by atoms with E-state index in [1.165, 1.54) is 0 Å². The molecule has 0 fully saturated rings. The molecule has 0 saturated heterocycles. The predicted molar refractivity (Wildman–Crippen MR) is 152 cm³/mol. The van der Waals surface area contributed by atoms with Crippen LogP contribution in [0, 0.1) is 6.92 Å². The van der Waals surface area contributed by atoms with Crippen LogP contribution in [0.15, 0.2) is 114 Å². The Morgan fingerprint density at radius 1 is 0.800 bits per heavy atom. The molecule has 0 spiro atoms. The van der Waals surface area contributed by atoms with Gasteiger partial charge in [-0.1, -0.05) is 78.9 Å². The summed E-state index contributed by atoms with van der Waals surface area (Å²) in [5, 5.41) is 4.90. The van der Waals surface area contributed by atoms with Crippen molar-refractivity contribution in [2.45, 2.75) is 26.1 Å². The summed E-state index contributed by atoms with van der Waals surface area (Å²) in [5.74, 6) is 1.49. The molecule has 2 aliphatic rings. The highest BCUT2D eigenvalue weighted by Gasteiger charge is 2.45. The topological polar surface area (TPSA) is 45.9 Å². The third-order valence-electron chi connectivity index (χ3n) is 7.32. The Labute approximate surface area is 230 Å². The molecule has 5 aromatic rings. The number of nitrogens with zero attached hydrogens (tertiary/aromatic N) is 5. The van der Waals surface area contributed by atoms with Gasteiger partial charge in [-0.2, -0.15) is 18.9 Å². The number of hydrogen-bond donors (Lipinski definition) is 0. The number of guanidine groups is 1. The molecular weight excluding hydrogens is 508 g/mol. The van der Waals surface area contributed by atoms with Crippen LogP contribution in [-0.2, 0) is 6.54 Å². The quantitative estimate of drug-likeness (QED) is 0.228. The first-order valence-corrected chi connectivity index (χ1v) is 13.1. The molecule has 2 aliphatic heterocycles. The molecule has 0 aliphatic carbocycles. The summed E-state index contributed by atoms with van der Waals surface area (Å²) in [5.41, 5.74) is 6.13. The van der Waals surface area contributed by atoms with E-state index in [4.69, 9.17) is 14.8 Å². The van der Waals surface area contributed by atoms with Crippen molar-refractivity contribution in [3.05, 3.63) is 132 Å². The molecule has 1 atom stereocenters. The summed E-state index contributed by atoms with van der Waals surface area (Å²) in [6, 6.07) is 34.6. The molecule has 0 amide bonds. The molecule has 0 saturated carbocycles. The van der Waals surface area contributed by atoms with Crippen molar-refractivity contribution in [2.75, 3.05) is 9.80 Å². The van der Waals surface area contributed by atoms with E-state index < -0.39 is 12.7 Å². The van der Waals surface area contributed by atoms with Crippen LogP contribution in [0.1, 0.15) is 28.4 Å². The minimum absolute atomic E-state index is 0.126. The van der Waals surface area contributed by atoms with Gasteiger partial charge in [0, 0.05) is 11.1 Å². The van der Waals surface area contributed by atoms with Crippen LogP contribution < -0.4 is 14.5 Å². The highest BCUT2D eigenvalue weighted by atomic mass is 19.3. The lowest BCUT2D eigenvalue weighted by Gasteiger charge is -2.35. The maximum atomic E-state index is 13.6. The van der Waals surface area contributed by atoms with Crippen LogP contribution in [0.5, 0.6) is 5.75 Å². The molecule has 1 aromatic heterocycles. The van der Waals surface area contributed by atoms with Crippen molar-refractivity contribution < 1.29 is 13.5 Å². The molecule has 0 N–H and O–H groups in total. The number of para-hydroxylation sites is 4. The Kier molecular flexibility index (Phi) is 5.81. The second kappa shape index (κ2) is 9.64. The van der Waals surface area contributed by atoms with Crippen LogP contribution in [0.3, 0.4) is 0 Å². The normalized spacial score (nSPS) is 15.5. The van der Waals surface area contributed by atoms with Crippen molar-refractivity contribution in [1.29, 1.82) is 0 Å². The van der Waals surface area contributed by atoms with Crippen LogP contribution >= 0.6 is 0 Å². The first kappa shape index (κ1) is 24.1. The number of aliphatic imine (C=N–C) groups is 1. The smallest absolute Gasteiger partial charge is 0.387 e. The Morgan fingerprint density at radius 2 is 1.45 bits per heavy atom. The molecule has 40 heavy (non-hydrogen) atoms. The van der Waals surface area contributed by atoms with E-state index in [2.05, 4.69) is 28.0 Å². The molecular formula is C32H25F2N5O. The van der Waals surface area contributed by atoms with Gasteiger partial charge >= 0.3 is 6.61 Å². The van der Waals surface area contributed by atoms with Crippen LogP contribution in [-0.4, -0.2) is 22.4 Å². The van der Waals surface area contributed by atoms with E-state index in [0.717, 1.165) is 33.9 Å². The Morgan fingerprint density at radius 3 is 2.20 bits per heavy atom. The predicted octanol–water partition coefficient (Wildman–Crippen LogP) is 7.40. The van der Waals surface area contributed by atoms with Gasteiger partial charge in [0.2, 0.25) is 5.96 Å². The maximum Gasteiger partial charge on any atom is 0.387 e. The lowest BCUT2D eigenvalue weighted by molar-refractivity contribution is -0.0505. The minimum atomic E-state index is -2.95. The average Bonchev–Trinajstić information content (AvgIpc) is 3.48. The largest absolute Gasteiger partial charge is 0.434 e. The SMILES string of the molecule is Cc1nn(-c2ccccc2)c2c1[C@H](c1ccccc1OC(F)F)N1C(=N2)N(Cc2ccccc2)c2ccccc21. The van der Waals surface area contributed by atoms with Crippen LogP contribution in [0.25, 0.3) is 5.69 Å². The number of aryl methyl sites for hydroxylation is 1. The second-order valence-electron chi connectivity index (χ2n) is 9.73. The summed E-state index contributed by atoms with van der Waals surface area (Å²) >= 11 is 0. The highest BCUT2D eigenvalue weighted by Crippen LogP contribution is 2.52. The van der Waals surface area contributed by atoms with Gasteiger partial charge < -0.3 is 9.64 Å². The third kappa shape index (κ3) is 3.91. The zero-order chi connectivity index (χ0) is 27.2. The van der Waals surface area contributed by atoms with Gasteiger partial charge in [0.15, 0.2) is 5.82 Å². The number of ether oxygens (including phenoxy) is 1. The summed E-state index contributed by atoms with van der Waals surface area (Å²) in [4.78, 5) is 9.54. The van der Waals surface area contributed by atoms with Gasteiger partial charge in [0.1, 0.15) is 5.75 Å². The number of alkyl halides is 2. The molecule has 0 bridgehead atoms. The van der Waals surface area contributed by atoms with E-state index in [1.54, 1.807) is 12.1 Å². The van der Waals surface area contributed by atoms with Gasteiger partial charge in [-0.3, -0.25) is 4.90 Å². The fourth-order valence-electron chi connectivity index (χ4n) is 5.66. The third-order valence-corrected chi connectivity index (χ3v) is 7.32. The fourth-order valence-corrected chi connectivity index (χ4v) is 5.66. The monoisotopic (exact) mass is 533 g/mol. The summed E-state index contributed by atoms with van der Waals surface area (Å²) in [6.45, 7) is -0.430. The van der Waals surface area contributed by atoms with E-state index in [9.17, 15) is 8.78 Å². The minimum Gasteiger partial charge on any atom is -0.434 e. The summed E-state index contributed by atoms with van der Waals surface area (Å²) in [6.07, 6.45) is 0. The van der Waals surface area contributed by atoms with E-state index in [-0.39, 0.29) is 5.75 Å². The van der Waals surface area contributed by atoms with Crippen LogP contribution in [0.2, 0.25) is 0 Å². The van der Waals surface area contributed by atoms with Crippen LogP contribution in [0.4, 0.5) is 26.0 Å². The fraction of sp³-hybridized carbons (Fsp3) is 0.125. The van der Waals surface area contributed by atoms with Gasteiger partial charge in [-0.15, -0.1) is 0 Å². The Hall–Kier alpha value is -4.98. The van der Waals surface area contributed by atoms with Crippen molar-refractivity contribution in [2.24, 2.45) is 4.99 Å². The van der Waals surface area contributed by atoms with Crippen molar-refractivity contribution in [3.8, 4) is 11.4 Å². The van der Waals surface area contributed by atoms with Crippen molar-refractivity contribution in [3.63, 3.8) is 0 Å². The molecule has 0 radical (unpaired) electrons. The highest BCUT2D eigenvalue weighted by molar-refractivity contribution is 6.18. The first-order valence-electron chi connectivity index (χ1n) is 13.1. The van der Waals surface area contributed by atoms with Crippen molar-refractivity contribution >= 4 is 23.2 Å². The number of fused-ring (bicyclic) bond motifs is 4. The number of anilines is 2. The number of hydrogen-bond acceptors (Lipinski definition) is 5. The Balaban J connectivity index is 1.49.